The third kappa shape index (κ3) is 2.81. The van der Waals surface area contributed by atoms with Crippen LogP contribution in [0, 0.1) is 0 Å². The molecule has 0 radical (unpaired) electrons. The summed E-state index contributed by atoms with van der Waals surface area (Å²) in [4.78, 5) is 41.7. The Morgan fingerprint density at radius 3 is 2.22 bits per heavy atom. The molecule has 0 spiro atoms. The molecule has 3 heterocycles. The van der Waals surface area contributed by atoms with Crippen molar-refractivity contribution in [2.45, 2.75) is 13.0 Å². The number of imidazole rings is 3. The Morgan fingerprint density at radius 2 is 1.70 bits per heavy atom. The lowest BCUT2D eigenvalue weighted by Crippen LogP contribution is -2.24. The van der Waals surface area contributed by atoms with Crippen LogP contribution in [0.4, 0.5) is 0 Å². The molecule has 0 atom stereocenters. The van der Waals surface area contributed by atoms with Crippen LogP contribution in [0.25, 0.3) is 0 Å². The number of carbonyl (C=O) groups excluding carboxylic acids is 2. The van der Waals surface area contributed by atoms with E-state index in [1.165, 1.54) is 4.57 Å². The predicted octanol–water partition coefficient (Wildman–Crippen LogP) is -0.834. The third-order valence-corrected chi connectivity index (χ3v) is 3.25. The summed E-state index contributed by atoms with van der Waals surface area (Å²) in [5.74, 6) is -0.400. The molecule has 10 nitrogen and oxygen atoms in total. The van der Waals surface area contributed by atoms with Gasteiger partial charge in [-0.15, -0.1) is 0 Å². The smallest absolute Gasteiger partial charge is 0.284 e. The van der Waals surface area contributed by atoms with Crippen LogP contribution >= 0.6 is 0 Å². The van der Waals surface area contributed by atoms with Gasteiger partial charge in [0, 0.05) is 24.8 Å². The number of carbonyl (C=O) groups is 2. The van der Waals surface area contributed by atoms with Crippen LogP contribution in [0.2, 0.25) is 0 Å². The number of nitrogens with two attached hydrogens (primary N) is 2. The standard InChI is InChI=1S/C13H14N8O2/c14-11(22)10-7(5-8-16-1-2-17-8)20-13(12(15)23)21(10)6-9-18-3-4-19-9/h1-4H,5-6H2,(H2,14,22)(H2,15,23)(H,16,17)(H,18,19). The van der Waals surface area contributed by atoms with Crippen molar-refractivity contribution in [2.24, 2.45) is 11.5 Å². The lowest BCUT2D eigenvalue weighted by molar-refractivity contribution is 0.0984. The van der Waals surface area contributed by atoms with E-state index >= 15 is 0 Å². The van der Waals surface area contributed by atoms with Crippen molar-refractivity contribution in [2.75, 3.05) is 0 Å². The Bertz CT molecular complexity index is 832. The van der Waals surface area contributed by atoms with E-state index in [2.05, 4.69) is 24.9 Å². The number of nitrogens with zero attached hydrogens (tertiary/aromatic N) is 4. The highest BCUT2D eigenvalue weighted by molar-refractivity contribution is 5.96. The van der Waals surface area contributed by atoms with Crippen molar-refractivity contribution >= 4 is 11.8 Å². The lowest BCUT2D eigenvalue weighted by Gasteiger charge is -2.07. The van der Waals surface area contributed by atoms with Gasteiger partial charge in [0.05, 0.1) is 18.7 Å². The molecule has 0 aromatic carbocycles. The van der Waals surface area contributed by atoms with Crippen molar-refractivity contribution in [3.8, 4) is 0 Å². The van der Waals surface area contributed by atoms with Gasteiger partial charge in [0.2, 0.25) is 0 Å². The van der Waals surface area contributed by atoms with Gasteiger partial charge >= 0.3 is 0 Å². The van der Waals surface area contributed by atoms with Gasteiger partial charge in [-0.1, -0.05) is 0 Å². The maximum Gasteiger partial charge on any atom is 0.284 e. The zero-order chi connectivity index (χ0) is 16.4. The van der Waals surface area contributed by atoms with Crippen LogP contribution in [-0.2, 0) is 13.0 Å². The molecule has 0 unspecified atom stereocenters. The van der Waals surface area contributed by atoms with E-state index in [9.17, 15) is 9.59 Å². The van der Waals surface area contributed by atoms with Crippen molar-refractivity contribution in [3.05, 3.63) is 53.6 Å². The molecule has 0 bridgehead atoms. The summed E-state index contributed by atoms with van der Waals surface area (Å²) in [6.45, 7) is 0.120. The lowest BCUT2D eigenvalue weighted by atomic mass is 10.2. The molecular formula is C13H14N8O2. The summed E-state index contributed by atoms with van der Waals surface area (Å²) >= 11 is 0. The number of rotatable bonds is 6. The normalized spacial score (nSPS) is 10.8. The average molecular weight is 314 g/mol. The average Bonchev–Trinajstić information content (AvgIpc) is 3.20. The van der Waals surface area contributed by atoms with Crippen LogP contribution in [0.15, 0.2) is 24.8 Å². The van der Waals surface area contributed by atoms with Crippen LogP contribution in [0.1, 0.15) is 38.5 Å². The number of aromatic nitrogens is 6. The van der Waals surface area contributed by atoms with E-state index in [0.29, 0.717) is 17.3 Å². The molecule has 3 aromatic rings. The van der Waals surface area contributed by atoms with Gasteiger partial charge in [-0.3, -0.25) is 9.59 Å². The van der Waals surface area contributed by atoms with E-state index < -0.39 is 11.8 Å². The second kappa shape index (κ2) is 5.75. The molecule has 0 saturated carbocycles. The monoisotopic (exact) mass is 314 g/mol. The molecule has 0 saturated heterocycles. The molecule has 0 aliphatic heterocycles. The first-order valence-electron chi connectivity index (χ1n) is 6.71. The number of nitrogens with one attached hydrogen (secondary N) is 2. The Kier molecular flexibility index (Phi) is 3.63. The number of hydrogen-bond donors (Lipinski definition) is 4. The van der Waals surface area contributed by atoms with Crippen molar-refractivity contribution < 1.29 is 9.59 Å². The molecule has 0 aliphatic carbocycles. The Hall–Kier alpha value is -3.43. The van der Waals surface area contributed by atoms with Gasteiger partial charge in [-0.25, -0.2) is 15.0 Å². The van der Waals surface area contributed by atoms with Crippen LogP contribution in [0.5, 0.6) is 0 Å². The Balaban J connectivity index is 2.09. The molecular weight excluding hydrogens is 300 g/mol. The Morgan fingerprint density at radius 1 is 1.04 bits per heavy atom. The minimum absolute atomic E-state index is 0.0586. The van der Waals surface area contributed by atoms with Gasteiger partial charge in [-0.05, 0) is 0 Å². The second-order valence-corrected chi connectivity index (χ2v) is 4.79. The zero-order valence-electron chi connectivity index (χ0n) is 12.0. The maximum absolute atomic E-state index is 11.9. The van der Waals surface area contributed by atoms with E-state index in [-0.39, 0.29) is 24.5 Å². The van der Waals surface area contributed by atoms with Crippen LogP contribution < -0.4 is 11.5 Å². The van der Waals surface area contributed by atoms with Crippen molar-refractivity contribution in [1.29, 1.82) is 0 Å². The van der Waals surface area contributed by atoms with E-state index in [1.807, 2.05) is 0 Å². The molecule has 23 heavy (non-hydrogen) atoms. The first-order chi connectivity index (χ1) is 11.1. The van der Waals surface area contributed by atoms with Crippen LogP contribution in [0.3, 0.4) is 0 Å². The minimum Gasteiger partial charge on any atom is -0.364 e. The largest absolute Gasteiger partial charge is 0.364 e. The highest BCUT2D eigenvalue weighted by atomic mass is 16.2. The van der Waals surface area contributed by atoms with Crippen molar-refractivity contribution in [3.63, 3.8) is 0 Å². The summed E-state index contributed by atoms with van der Waals surface area (Å²) in [7, 11) is 0. The fourth-order valence-electron chi connectivity index (χ4n) is 2.33. The molecule has 10 heteroatoms. The first-order valence-corrected chi connectivity index (χ1v) is 6.71. The van der Waals surface area contributed by atoms with E-state index in [1.54, 1.807) is 24.8 Å². The summed E-state index contributed by atoms with van der Waals surface area (Å²) in [5, 5.41) is 0. The molecule has 0 fully saturated rings. The zero-order valence-corrected chi connectivity index (χ0v) is 12.0. The fourth-order valence-corrected chi connectivity index (χ4v) is 2.33. The number of primary amides is 2. The third-order valence-electron chi connectivity index (χ3n) is 3.25. The number of hydrogen-bond acceptors (Lipinski definition) is 5. The SMILES string of the molecule is NC(=O)c1nc(Cc2ncc[nH]2)c(C(N)=O)n1Cc1ncc[nH]1. The summed E-state index contributed by atoms with van der Waals surface area (Å²) in [6.07, 6.45) is 6.63. The van der Waals surface area contributed by atoms with Gasteiger partial charge in [0.1, 0.15) is 17.3 Å². The van der Waals surface area contributed by atoms with Gasteiger partial charge in [0.25, 0.3) is 11.8 Å². The predicted molar refractivity (Wildman–Crippen MR) is 78.3 cm³/mol. The number of amides is 2. The topological polar surface area (TPSA) is 161 Å². The molecule has 3 rings (SSSR count). The number of H-pyrrole nitrogens is 2. The summed E-state index contributed by atoms with van der Waals surface area (Å²) in [5.41, 5.74) is 11.3. The number of aromatic amines is 2. The van der Waals surface area contributed by atoms with Crippen molar-refractivity contribution in [1.82, 2.24) is 29.5 Å². The van der Waals surface area contributed by atoms with Crippen LogP contribution in [-0.4, -0.2) is 41.3 Å². The Labute approximate surface area is 130 Å². The molecule has 0 aliphatic rings. The van der Waals surface area contributed by atoms with E-state index in [4.69, 9.17) is 11.5 Å². The first kappa shape index (κ1) is 14.5. The van der Waals surface area contributed by atoms with Gasteiger partial charge < -0.3 is 26.0 Å². The van der Waals surface area contributed by atoms with E-state index in [0.717, 1.165) is 0 Å². The highest BCUT2D eigenvalue weighted by Crippen LogP contribution is 2.16. The minimum atomic E-state index is -0.759. The quantitative estimate of drug-likeness (QED) is 0.466. The molecule has 2 amide bonds. The summed E-state index contributed by atoms with van der Waals surface area (Å²) < 4.78 is 1.36. The molecule has 118 valence electrons. The molecule has 6 N–H and O–H groups in total. The highest BCUT2D eigenvalue weighted by Gasteiger charge is 2.25. The summed E-state index contributed by atoms with van der Waals surface area (Å²) in [6, 6.07) is 0. The maximum atomic E-state index is 11.9. The van der Waals surface area contributed by atoms with Gasteiger partial charge in [0.15, 0.2) is 5.82 Å². The second-order valence-electron chi connectivity index (χ2n) is 4.79. The molecule has 3 aromatic heterocycles. The van der Waals surface area contributed by atoms with Gasteiger partial charge in [-0.2, -0.15) is 0 Å². The fraction of sp³-hybridized carbons (Fsp3) is 0.154.